The number of hydrogen-bond donors (Lipinski definition) is 1. The molecule has 0 unspecified atom stereocenters. The molecule has 1 heterocycles. The van der Waals surface area contributed by atoms with Gasteiger partial charge in [-0.15, -0.1) is 4.68 Å². The standard InChI is InChI=1S/C6H7N3O/c1-2-8-3-4-9(6-8)7-5-10/h2-6H,1H2/p+1. The molecule has 0 aliphatic carbocycles. The SMILES string of the molecule is C=C[n+]1ccn(NC=O)c1. The Morgan fingerprint density at radius 2 is 2.50 bits per heavy atom. The third-order valence-corrected chi connectivity index (χ3v) is 1.07. The van der Waals surface area contributed by atoms with Crippen LogP contribution in [0.4, 0.5) is 0 Å². The van der Waals surface area contributed by atoms with Crippen molar-refractivity contribution in [3.05, 3.63) is 25.3 Å². The smallest absolute Gasteiger partial charge is 0.272 e. The number of amides is 1. The van der Waals surface area contributed by atoms with Crippen LogP contribution in [0.2, 0.25) is 0 Å². The first kappa shape index (κ1) is 6.54. The van der Waals surface area contributed by atoms with Gasteiger partial charge in [-0.3, -0.25) is 4.79 Å². The summed E-state index contributed by atoms with van der Waals surface area (Å²) in [6.07, 6.45) is 7.39. The number of carbonyl (C=O) groups excluding carboxylic acids is 1. The molecule has 1 rings (SSSR count). The molecule has 4 nitrogen and oxygen atoms in total. The molecule has 0 saturated heterocycles. The fourth-order valence-corrected chi connectivity index (χ4v) is 0.615. The minimum Gasteiger partial charge on any atom is -0.275 e. The average Bonchev–Trinajstić information content (AvgIpc) is 2.37. The number of carbonyl (C=O) groups is 1. The monoisotopic (exact) mass is 138 g/mol. The van der Waals surface area contributed by atoms with E-state index >= 15 is 0 Å². The van der Waals surface area contributed by atoms with E-state index < -0.39 is 0 Å². The Hall–Kier alpha value is -1.58. The van der Waals surface area contributed by atoms with Gasteiger partial charge in [0.05, 0.1) is 6.20 Å². The van der Waals surface area contributed by atoms with Gasteiger partial charge in [-0.1, -0.05) is 6.58 Å². The van der Waals surface area contributed by atoms with E-state index in [2.05, 4.69) is 12.0 Å². The van der Waals surface area contributed by atoms with E-state index in [9.17, 15) is 4.79 Å². The molecule has 1 aromatic heterocycles. The maximum atomic E-state index is 9.90. The third kappa shape index (κ3) is 1.22. The normalized spacial score (nSPS) is 8.80. The molecule has 0 bridgehead atoms. The number of hydrogen-bond acceptors (Lipinski definition) is 1. The highest BCUT2D eigenvalue weighted by atomic mass is 16.1. The Bertz CT molecular complexity index is 241. The molecule has 0 fully saturated rings. The molecule has 0 aromatic carbocycles. The van der Waals surface area contributed by atoms with Gasteiger partial charge in [0.25, 0.3) is 6.33 Å². The second-order valence-electron chi connectivity index (χ2n) is 1.70. The zero-order valence-electron chi connectivity index (χ0n) is 5.40. The number of nitrogens with one attached hydrogen (secondary N) is 1. The van der Waals surface area contributed by atoms with Crippen LogP contribution in [0.25, 0.3) is 6.20 Å². The lowest BCUT2D eigenvalue weighted by molar-refractivity contribution is -0.567. The van der Waals surface area contributed by atoms with Gasteiger partial charge in [0.2, 0.25) is 6.41 Å². The van der Waals surface area contributed by atoms with E-state index in [1.54, 1.807) is 29.5 Å². The van der Waals surface area contributed by atoms with E-state index in [0.29, 0.717) is 6.41 Å². The molecule has 0 atom stereocenters. The second-order valence-corrected chi connectivity index (χ2v) is 1.70. The first-order valence-corrected chi connectivity index (χ1v) is 2.78. The summed E-state index contributed by atoms with van der Waals surface area (Å²) < 4.78 is 3.24. The summed E-state index contributed by atoms with van der Waals surface area (Å²) in [7, 11) is 0. The maximum Gasteiger partial charge on any atom is 0.272 e. The Morgan fingerprint density at radius 3 is 3.00 bits per heavy atom. The number of imidazole rings is 1. The van der Waals surface area contributed by atoms with E-state index in [4.69, 9.17) is 0 Å². The summed E-state index contributed by atoms with van der Waals surface area (Å²) in [6.45, 7) is 3.54. The molecule has 1 aromatic rings. The van der Waals surface area contributed by atoms with Crippen LogP contribution in [0.5, 0.6) is 0 Å². The molecule has 0 aliphatic rings. The molecule has 0 radical (unpaired) electrons. The Kier molecular flexibility index (Phi) is 1.84. The Balaban J connectivity index is 2.77. The van der Waals surface area contributed by atoms with Gasteiger partial charge in [0, 0.05) is 0 Å². The summed E-state index contributed by atoms with van der Waals surface area (Å²) in [5.74, 6) is 0. The lowest BCUT2D eigenvalue weighted by Crippen LogP contribution is -2.22. The van der Waals surface area contributed by atoms with Crippen LogP contribution in [-0.4, -0.2) is 11.1 Å². The van der Waals surface area contributed by atoms with Crippen LogP contribution in [-0.2, 0) is 4.79 Å². The van der Waals surface area contributed by atoms with Crippen molar-refractivity contribution in [1.29, 1.82) is 0 Å². The van der Waals surface area contributed by atoms with Crippen molar-refractivity contribution >= 4 is 12.6 Å². The van der Waals surface area contributed by atoms with Crippen LogP contribution in [0, 0.1) is 0 Å². The summed E-state index contributed by atoms with van der Waals surface area (Å²) in [5.41, 5.74) is 2.43. The predicted molar refractivity (Wildman–Crippen MR) is 36.4 cm³/mol. The van der Waals surface area contributed by atoms with Crippen molar-refractivity contribution in [2.24, 2.45) is 0 Å². The van der Waals surface area contributed by atoms with E-state index in [-0.39, 0.29) is 0 Å². The van der Waals surface area contributed by atoms with Crippen molar-refractivity contribution in [3.8, 4) is 0 Å². The molecule has 10 heavy (non-hydrogen) atoms. The molecule has 1 amide bonds. The van der Waals surface area contributed by atoms with Crippen LogP contribution >= 0.6 is 0 Å². The first-order chi connectivity index (χ1) is 4.86. The summed E-state index contributed by atoms with van der Waals surface area (Å²) in [6, 6.07) is 0. The fourth-order valence-electron chi connectivity index (χ4n) is 0.615. The zero-order valence-corrected chi connectivity index (χ0v) is 5.40. The average molecular weight is 138 g/mol. The summed E-state index contributed by atoms with van der Waals surface area (Å²) in [4.78, 5) is 9.90. The second kappa shape index (κ2) is 2.82. The fraction of sp³-hybridized carbons (Fsp3) is 0. The molecular formula is C6H8N3O+. The van der Waals surface area contributed by atoms with Gasteiger partial charge in [-0.2, -0.15) is 5.43 Å². The maximum absolute atomic E-state index is 9.90. The van der Waals surface area contributed by atoms with Crippen LogP contribution < -0.4 is 9.99 Å². The molecular weight excluding hydrogens is 130 g/mol. The van der Waals surface area contributed by atoms with Gasteiger partial charge in [-0.25, -0.2) is 4.57 Å². The van der Waals surface area contributed by atoms with E-state index in [1.165, 1.54) is 4.68 Å². The van der Waals surface area contributed by atoms with Gasteiger partial charge in [0.1, 0.15) is 6.20 Å². The Morgan fingerprint density at radius 1 is 1.70 bits per heavy atom. The van der Waals surface area contributed by atoms with Gasteiger partial charge >= 0.3 is 0 Å². The summed E-state index contributed by atoms with van der Waals surface area (Å²) in [5, 5.41) is 0. The molecule has 0 saturated carbocycles. The minimum absolute atomic E-state index is 0.605. The van der Waals surface area contributed by atoms with Gasteiger partial charge < -0.3 is 0 Å². The zero-order chi connectivity index (χ0) is 7.40. The first-order valence-electron chi connectivity index (χ1n) is 2.78. The highest BCUT2D eigenvalue weighted by molar-refractivity contribution is 5.56. The molecule has 4 heteroatoms. The molecule has 0 aliphatic heterocycles. The summed E-state index contributed by atoms with van der Waals surface area (Å²) >= 11 is 0. The predicted octanol–water partition coefficient (Wildman–Crippen LogP) is -0.424. The van der Waals surface area contributed by atoms with Gasteiger partial charge in [-0.05, 0) is 0 Å². The van der Waals surface area contributed by atoms with Crippen molar-refractivity contribution in [2.75, 3.05) is 5.43 Å². The minimum atomic E-state index is 0.605. The topological polar surface area (TPSA) is 37.9 Å². The van der Waals surface area contributed by atoms with Crippen molar-refractivity contribution < 1.29 is 9.36 Å². The Labute approximate surface area is 58.4 Å². The van der Waals surface area contributed by atoms with E-state index in [1.807, 2.05) is 0 Å². The highest BCUT2D eigenvalue weighted by Crippen LogP contribution is 1.75. The highest BCUT2D eigenvalue weighted by Gasteiger charge is 1.96. The van der Waals surface area contributed by atoms with Crippen molar-refractivity contribution in [3.63, 3.8) is 0 Å². The number of aromatic nitrogens is 2. The lowest BCUT2D eigenvalue weighted by Gasteiger charge is -1.84. The number of nitrogens with zero attached hydrogens (tertiary/aromatic N) is 2. The quantitative estimate of drug-likeness (QED) is 0.447. The van der Waals surface area contributed by atoms with E-state index in [0.717, 1.165) is 0 Å². The lowest BCUT2D eigenvalue weighted by atomic mass is 10.9. The van der Waals surface area contributed by atoms with Gasteiger partial charge in [0.15, 0.2) is 6.20 Å². The third-order valence-electron chi connectivity index (χ3n) is 1.07. The van der Waals surface area contributed by atoms with Crippen molar-refractivity contribution in [2.45, 2.75) is 0 Å². The molecule has 1 N–H and O–H groups in total. The largest absolute Gasteiger partial charge is 0.275 e. The van der Waals surface area contributed by atoms with Crippen molar-refractivity contribution in [1.82, 2.24) is 4.68 Å². The molecule has 0 spiro atoms. The van der Waals surface area contributed by atoms with Crippen LogP contribution in [0.1, 0.15) is 0 Å². The van der Waals surface area contributed by atoms with Crippen LogP contribution in [0.15, 0.2) is 25.3 Å². The van der Waals surface area contributed by atoms with Crippen LogP contribution in [0.3, 0.4) is 0 Å². The number of rotatable bonds is 3. The molecule has 52 valence electrons.